The van der Waals surface area contributed by atoms with E-state index in [0.29, 0.717) is 19.5 Å². The van der Waals surface area contributed by atoms with Crippen molar-refractivity contribution >= 4 is 5.91 Å². The molecule has 0 aromatic heterocycles. The first-order valence-corrected chi connectivity index (χ1v) is 12.6. The van der Waals surface area contributed by atoms with E-state index in [2.05, 4.69) is 17.6 Å². The molecule has 9 heteroatoms. The fourth-order valence-electron chi connectivity index (χ4n) is 3.42. The van der Waals surface area contributed by atoms with Crippen LogP contribution in [0.4, 0.5) is 0 Å². The summed E-state index contributed by atoms with van der Waals surface area (Å²) in [7, 11) is 0. The van der Waals surface area contributed by atoms with Crippen LogP contribution in [0.25, 0.3) is 0 Å². The molecule has 0 bridgehead atoms. The summed E-state index contributed by atoms with van der Waals surface area (Å²) in [5, 5.41) is 36.8. The van der Waals surface area contributed by atoms with Crippen molar-refractivity contribution in [1.82, 2.24) is 10.6 Å². The number of hydrogen-bond acceptors (Lipinski definition) is 6. The maximum absolute atomic E-state index is 11.7. The molecule has 0 radical (unpaired) electrons. The summed E-state index contributed by atoms with van der Waals surface area (Å²) < 4.78 is 0. The number of nitrogens with one attached hydrogen (secondary N) is 2. The zero-order chi connectivity index (χ0) is 24.3. The minimum Gasteiger partial charge on any atom is -0.367 e. The van der Waals surface area contributed by atoms with Crippen molar-refractivity contribution in [2.24, 2.45) is 0 Å². The van der Waals surface area contributed by atoms with Crippen LogP contribution in [0.1, 0.15) is 116 Å². The third-order valence-electron chi connectivity index (χ3n) is 5.19. The second kappa shape index (κ2) is 27.6. The molecule has 0 atom stereocenters. The molecule has 0 saturated carbocycles. The van der Waals surface area contributed by atoms with Gasteiger partial charge in [-0.05, 0) is 19.4 Å². The van der Waals surface area contributed by atoms with Crippen molar-refractivity contribution in [3.05, 3.63) is 10.1 Å². The number of amides is 1. The molecule has 32 heavy (non-hydrogen) atoms. The van der Waals surface area contributed by atoms with Gasteiger partial charge >= 0.3 is 0 Å². The number of aliphatic hydroxyl groups is 2. The van der Waals surface area contributed by atoms with Gasteiger partial charge in [0.15, 0.2) is 6.29 Å². The lowest BCUT2D eigenvalue weighted by Crippen LogP contribution is -2.30. The van der Waals surface area contributed by atoms with Crippen molar-refractivity contribution in [3.63, 3.8) is 0 Å². The van der Waals surface area contributed by atoms with Gasteiger partial charge in [0.25, 0.3) is 5.09 Å². The Hall–Kier alpha value is -1.45. The van der Waals surface area contributed by atoms with Gasteiger partial charge in [-0.25, -0.2) is 0 Å². The molecule has 192 valence electrons. The average Bonchev–Trinajstić information content (AvgIpc) is 2.72. The molecule has 0 aromatic rings. The lowest BCUT2D eigenvalue weighted by atomic mass is 10.0. The van der Waals surface area contributed by atoms with Crippen LogP contribution in [0.2, 0.25) is 0 Å². The summed E-state index contributed by atoms with van der Waals surface area (Å²) in [6.07, 6.45) is 20.2. The van der Waals surface area contributed by atoms with E-state index in [-0.39, 0.29) is 12.5 Å². The lowest BCUT2D eigenvalue weighted by Gasteiger charge is -2.07. The van der Waals surface area contributed by atoms with Gasteiger partial charge < -0.3 is 26.1 Å². The van der Waals surface area contributed by atoms with Gasteiger partial charge in [-0.3, -0.25) is 4.79 Å². The standard InChI is InChI=1S/C23H48N2O3.HNO3/c1-2-3-4-5-6-7-8-9-10-11-12-13-14-15-16-18-22(26)25-20-17-19-24-21-23(27)28;2-1(3)4/h23-24,27-28H,2-21H2,1H3,(H,25,26);(H,2,3,4). The highest BCUT2D eigenvalue weighted by Gasteiger charge is 2.01. The normalized spacial score (nSPS) is 10.6. The smallest absolute Gasteiger partial charge is 0.291 e. The number of carbonyl (C=O) groups excluding carboxylic acids is 1. The molecule has 0 heterocycles. The van der Waals surface area contributed by atoms with E-state index in [1.54, 1.807) is 0 Å². The van der Waals surface area contributed by atoms with E-state index in [1.165, 1.54) is 83.5 Å². The highest BCUT2D eigenvalue weighted by atomic mass is 16.9. The Balaban J connectivity index is 0. The zero-order valence-corrected chi connectivity index (χ0v) is 20.2. The maximum atomic E-state index is 11.7. The van der Waals surface area contributed by atoms with Crippen molar-refractivity contribution < 1.29 is 25.3 Å². The van der Waals surface area contributed by atoms with Gasteiger partial charge in [0.1, 0.15) is 0 Å². The molecule has 0 unspecified atom stereocenters. The van der Waals surface area contributed by atoms with Crippen LogP contribution in [0.5, 0.6) is 0 Å². The fraction of sp³-hybridized carbons (Fsp3) is 0.957. The summed E-state index contributed by atoms with van der Waals surface area (Å²) >= 11 is 0. The summed E-state index contributed by atoms with van der Waals surface area (Å²) in [6, 6.07) is 0. The van der Waals surface area contributed by atoms with Crippen LogP contribution in [0.3, 0.4) is 0 Å². The molecule has 0 rings (SSSR count). The molecule has 0 fully saturated rings. The van der Waals surface area contributed by atoms with Crippen LogP contribution in [0, 0.1) is 10.1 Å². The molecule has 5 N–H and O–H groups in total. The monoisotopic (exact) mass is 463 g/mol. The van der Waals surface area contributed by atoms with Crippen molar-refractivity contribution in [2.75, 3.05) is 19.6 Å². The third-order valence-corrected chi connectivity index (χ3v) is 5.19. The summed E-state index contributed by atoms with van der Waals surface area (Å²) in [6.45, 7) is 3.77. The highest BCUT2D eigenvalue weighted by Crippen LogP contribution is 2.13. The Bertz CT molecular complexity index is 407. The number of carbonyl (C=O) groups is 1. The predicted molar refractivity (Wildman–Crippen MR) is 127 cm³/mol. The summed E-state index contributed by atoms with van der Waals surface area (Å²) in [5.41, 5.74) is 0. The van der Waals surface area contributed by atoms with Crippen LogP contribution >= 0.6 is 0 Å². The molecule has 0 aliphatic carbocycles. The fourth-order valence-corrected chi connectivity index (χ4v) is 3.42. The SMILES string of the molecule is CCCCCCCCCCCCCCCCCC(=O)NCCCNCC(O)O.O=[N+]([O-])O. The number of rotatable bonds is 22. The van der Waals surface area contributed by atoms with E-state index in [1.807, 2.05) is 0 Å². The van der Waals surface area contributed by atoms with Gasteiger partial charge in [0, 0.05) is 19.5 Å². The number of nitrogens with zero attached hydrogens (tertiary/aromatic N) is 1. The Morgan fingerprint density at radius 1 is 0.781 bits per heavy atom. The topological polar surface area (TPSA) is 145 Å². The molecule has 0 spiro atoms. The van der Waals surface area contributed by atoms with Crippen LogP contribution in [0.15, 0.2) is 0 Å². The van der Waals surface area contributed by atoms with Gasteiger partial charge in [-0.1, -0.05) is 96.8 Å². The molecule has 0 aliphatic heterocycles. The molecular weight excluding hydrogens is 414 g/mol. The first kappa shape index (κ1) is 32.7. The van der Waals surface area contributed by atoms with E-state index < -0.39 is 11.4 Å². The Labute approximate surface area is 194 Å². The van der Waals surface area contributed by atoms with E-state index in [0.717, 1.165) is 19.3 Å². The average molecular weight is 464 g/mol. The minimum atomic E-state index is -1.50. The van der Waals surface area contributed by atoms with Crippen molar-refractivity contribution in [1.29, 1.82) is 0 Å². The van der Waals surface area contributed by atoms with Crippen molar-refractivity contribution in [3.8, 4) is 0 Å². The Morgan fingerprint density at radius 2 is 1.19 bits per heavy atom. The van der Waals surface area contributed by atoms with E-state index >= 15 is 0 Å². The number of hydrogen-bond donors (Lipinski definition) is 5. The van der Waals surface area contributed by atoms with E-state index in [4.69, 9.17) is 25.5 Å². The maximum Gasteiger partial charge on any atom is 0.291 e. The third kappa shape index (κ3) is 36.0. The molecule has 0 aromatic carbocycles. The second-order valence-electron chi connectivity index (χ2n) is 8.33. The first-order valence-electron chi connectivity index (χ1n) is 12.6. The molecule has 1 amide bonds. The second-order valence-corrected chi connectivity index (χ2v) is 8.33. The molecule has 9 nitrogen and oxygen atoms in total. The number of unbranched alkanes of at least 4 members (excludes halogenated alkanes) is 14. The van der Waals surface area contributed by atoms with E-state index in [9.17, 15) is 4.79 Å². The lowest BCUT2D eigenvalue weighted by molar-refractivity contribution is -0.742. The van der Waals surface area contributed by atoms with Crippen LogP contribution in [-0.2, 0) is 4.79 Å². The quantitative estimate of drug-likeness (QED) is 0.0696. The minimum absolute atomic E-state index is 0.136. The summed E-state index contributed by atoms with van der Waals surface area (Å²) in [4.78, 5) is 20.1. The molecule has 0 aliphatic rings. The van der Waals surface area contributed by atoms with Crippen LogP contribution in [-0.4, -0.2) is 52.3 Å². The first-order chi connectivity index (χ1) is 15.4. The predicted octanol–water partition coefficient (Wildman–Crippen LogP) is 4.31. The highest BCUT2D eigenvalue weighted by molar-refractivity contribution is 5.75. The van der Waals surface area contributed by atoms with Gasteiger partial charge in [-0.2, -0.15) is 0 Å². The zero-order valence-electron chi connectivity index (χ0n) is 20.2. The van der Waals surface area contributed by atoms with Crippen LogP contribution < -0.4 is 10.6 Å². The molecule has 0 saturated heterocycles. The largest absolute Gasteiger partial charge is 0.367 e. The summed E-state index contributed by atoms with van der Waals surface area (Å²) in [5.74, 6) is 0.136. The molecular formula is C23H49N3O6. The van der Waals surface area contributed by atoms with Crippen molar-refractivity contribution in [2.45, 2.75) is 122 Å². The van der Waals surface area contributed by atoms with Gasteiger partial charge in [0.2, 0.25) is 5.91 Å². The Kier molecular flexibility index (Phi) is 28.2. The Morgan fingerprint density at radius 3 is 1.59 bits per heavy atom. The van der Waals surface area contributed by atoms with Gasteiger partial charge in [-0.15, -0.1) is 10.1 Å². The van der Waals surface area contributed by atoms with Gasteiger partial charge in [0.05, 0.1) is 0 Å². The number of aliphatic hydroxyl groups excluding tert-OH is 1.